The molecule has 0 saturated heterocycles. The number of esters is 1. The Kier molecular flexibility index (Phi) is 4.80. The number of carbonyl (C=O) groups excluding carboxylic acids is 2. The molecule has 0 saturated carbocycles. The number of methoxy groups -OCH3 is 1. The van der Waals surface area contributed by atoms with Crippen LogP contribution in [0.15, 0.2) is 29.0 Å². The average Bonchev–Trinajstić information content (AvgIpc) is 3.05. The van der Waals surface area contributed by atoms with E-state index in [1.807, 2.05) is 17.8 Å². The van der Waals surface area contributed by atoms with E-state index in [0.29, 0.717) is 10.6 Å². The molecule has 2 rings (SSSR count). The number of thioether (sulfide) groups is 1. The van der Waals surface area contributed by atoms with E-state index in [2.05, 4.69) is 15.0 Å². The Hall–Kier alpha value is -1.80. The van der Waals surface area contributed by atoms with Crippen LogP contribution in [0.3, 0.4) is 0 Å². The second kappa shape index (κ2) is 6.58. The summed E-state index contributed by atoms with van der Waals surface area (Å²) in [5, 5.41) is 5.70. The number of hydrogen-bond donors (Lipinski definition) is 1. The summed E-state index contributed by atoms with van der Waals surface area (Å²) in [6, 6.07) is 1.62. The van der Waals surface area contributed by atoms with Gasteiger partial charge in [-0.3, -0.25) is 4.79 Å². The van der Waals surface area contributed by atoms with E-state index in [-0.39, 0.29) is 11.7 Å². The summed E-state index contributed by atoms with van der Waals surface area (Å²) >= 11 is 2.62. The second-order valence-electron chi connectivity index (χ2n) is 3.81. The normalized spacial score (nSPS) is 10.3. The van der Waals surface area contributed by atoms with Gasteiger partial charge in [0, 0.05) is 19.4 Å². The SMILES string of the molecule is COC(=O)c1ccsc1NC(=O)CSc1nccn1C. The summed E-state index contributed by atoms with van der Waals surface area (Å²) in [5.74, 6) is -0.424. The molecule has 0 aliphatic heterocycles. The van der Waals surface area contributed by atoms with Gasteiger partial charge in [0.15, 0.2) is 5.16 Å². The fourth-order valence-electron chi connectivity index (χ4n) is 1.46. The lowest BCUT2D eigenvalue weighted by Crippen LogP contribution is -2.15. The van der Waals surface area contributed by atoms with Gasteiger partial charge < -0.3 is 14.6 Å². The molecule has 0 atom stereocenters. The standard InChI is InChI=1S/C12H13N3O3S2/c1-15-5-4-13-12(15)20-7-9(16)14-10-8(3-6-19-10)11(17)18-2/h3-6H,7H2,1-2H3,(H,14,16). The van der Waals surface area contributed by atoms with Crippen LogP contribution in [0.25, 0.3) is 0 Å². The van der Waals surface area contributed by atoms with Crippen molar-refractivity contribution in [1.82, 2.24) is 9.55 Å². The van der Waals surface area contributed by atoms with Crippen molar-refractivity contribution < 1.29 is 14.3 Å². The molecule has 0 aliphatic carbocycles. The van der Waals surface area contributed by atoms with Gasteiger partial charge in [-0.2, -0.15) is 0 Å². The molecule has 0 bridgehead atoms. The van der Waals surface area contributed by atoms with Crippen molar-refractivity contribution in [2.45, 2.75) is 5.16 Å². The molecule has 0 spiro atoms. The molecule has 2 heterocycles. The van der Waals surface area contributed by atoms with E-state index in [1.165, 1.54) is 30.2 Å². The van der Waals surface area contributed by atoms with Crippen molar-refractivity contribution in [3.63, 3.8) is 0 Å². The van der Waals surface area contributed by atoms with Crippen LogP contribution in [0.2, 0.25) is 0 Å². The number of nitrogens with one attached hydrogen (secondary N) is 1. The average molecular weight is 311 g/mol. The Morgan fingerprint density at radius 1 is 1.55 bits per heavy atom. The first-order chi connectivity index (χ1) is 9.61. The third-order valence-electron chi connectivity index (χ3n) is 2.43. The van der Waals surface area contributed by atoms with Crippen molar-refractivity contribution in [3.05, 3.63) is 29.4 Å². The number of anilines is 1. The van der Waals surface area contributed by atoms with Gasteiger partial charge >= 0.3 is 5.97 Å². The van der Waals surface area contributed by atoms with Gasteiger partial charge in [-0.05, 0) is 11.4 Å². The van der Waals surface area contributed by atoms with Crippen molar-refractivity contribution in [2.75, 3.05) is 18.2 Å². The smallest absolute Gasteiger partial charge is 0.340 e. The topological polar surface area (TPSA) is 73.2 Å². The van der Waals surface area contributed by atoms with Crippen molar-refractivity contribution in [1.29, 1.82) is 0 Å². The molecule has 106 valence electrons. The first-order valence-corrected chi connectivity index (χ1v) is 7.54. The number of rotatable bonds is 5. The van der Waals surface area contributed by atoms with E-state index in [1.54, 1.807) is 17.6 Å². The first-order valence-electron chi connectivity index (χ1n) is 5.67. The molecule has 0 radical (unpaired) electrons. The zero-order valence-corrected chi connectivity index (χ0v) is 12.6. The van der Waals surface area contributed by atoms with Crippen molar-refractivity contribution in [2.24, 2.45) is 7.05 Å². The maximum Gasteiger partial charge on any atom is 0.340 e. The van der Waals surface area contributed by atoms with Crippen LogP contribution in [-0.4, -0.2) is 34.3 Å². The van der Waals surface area contributed by atoms with Crippen LogP contribution in [0.4, 0.5) is 5.00 Å². The van der Waals surface area contributed by atoms with Crippen LogP contribution >= 0.6 is 23.1 Å². The molecule has 6 nitrogen and oxygen atoms in total. The number of ether oxygens (including phenoxy) is 1. The third-order valence-corrected chi connectivity index (χ3v) is 4.32. The molecule has 0 aromatic carbocycles. The third kappa shape index (κ3) is 3.40. The van der Waals surface area contributed by atoms with E-state index in [0.717, 1.165) is 5.16 Å². The molecule has 1 amide bonds. The lowest BCUT2D eigenvalue weighted by molar-refractivity contribution is -0.113. The molecule has 20 heavy (non-hydrogen) atoms. The molecule has 0 unspecified atom stereocenters. The van der Waals surface area contributed by atoms with Crippen molar-refractivity contribution >= 4 is 40.0 Å². The Bertz CT molecular complexity index is 621. The number of aromatic nitrogens is 2. The summed E-state index contributed by atoms with van der Waals surface area (Å²) < 4.78 is 6.49. The molecule has 0 aliphatic rings. The van der Waals surface area contributed by atoms with E-state index in [9.17, 15) is 9.59 Å². The first kappa shape index (κ1) is 14.6. The van der Waals surface area contributed by atoms with Gasteiger partial charge in [0.2, 0.25) is 5.91 Å². The van der Waals surface area contributed by atoms with Gasteiger partial charge in [-0.1, -0.05) is 11.8 Å². The van der Waals surface area contributed by atoms with Crippen LogP contribution in [-0.2, 0) is 16.6 Å². The zero-order chi connectivity index (χ0) is 14.5. The highest BCUT2D eigenvalue weighted by Crippen LogP contribution is 2.24. The maximum atomic E-state index is 11.9. The molecule has 1 N–H and O–H groups in total. The van der Waals surface area contributed by atoms with Gasteiger partial charge in [-0.15, -0.1) is 11.3 Å². The fourth-order valence-corrected chi connectivity index (χ4v) is 2.98. The highest BCUT2D eigenvalue weighted by Gasteiger charge is 2.15. The van der Waals surface area contributed by atoms with E-state index < -0.39 is 5.97 Å². The number of imidazole rings is 1. The predicted molar refractivity (Wildman–Crippen MR) is 78.2 cm³/mol. The minimum Gasteiger partial charge on any atom is -0.465 e. The number of amides is 1. The fraction of sp³-hybridized carbons (Fsp3) is 0.250. The summed E-state index contributed by atoms with van der Waals surface area (Å²) in [7, 11) is 3.17. The maximum absolute atomic E-state index is 11.9. The van der Waals surface area contributed by atoms with Crippen LogP contribution in [0, 0.1) is 0 Å². The molecular weight excluding hydrogens is 298 g/mol. The van der Waals surface area contributed by atoms with Gasteiger partial charge in [0.25, 0.3) is 0 Å². The highest BCUT2D eigenvalue weighted by molar-refractivity contribution is 7.99. The Labute approximate surface area is 124 Å². The van der Waals surface area contributed by atoms with E-state index >= 15 is 0 Å². The summed E-state index contributed by atoms with van der Waals surface area (Å²) in [6.07, 6.45) is 3.49. The van der Waals surface area contributed by atoms with Gasteiger partial charge in [-0.25, -0.2) is 9.78 Å². The number of aryl methyl sites for hydroxylation is 1. The van der Waals surface area contributed by atoms with Crippen LogP contribution in [0.5, 0.6) is 0 Å². The predicted octanol–water partition coefficient (Wildman–Crippen LogP) is 2.00. The van der Waals surface area contributed by atoms with E-state index in [4.69, 9.17) is 0 Å². The minimum atomic E-state index is -0.460. The summed E-state index contributed by atoms with van der Waals surface area (Å²) in [4.78, 5) is 27.5. The van der Waals surface area contributed by atoms with Crippen molar-refractivity contribution in [3.8, 4) is 0 Å². The Balaban J connectivity index is 1.93. The Morgan fingerprint density at radius 3 is 3.00 bits per heavy atom. The molecule has 8 heteroatoms. The molecule has 2 aromatic heterocycles. The zero-order valence-electron chi connectivity index (χ0n) is 11.0. The lowest BCUT2D eigenvalue weighted by atomic mass is 10.3. The molecule has 0 fully saturated rings. The second-order valence-corrected chi connectivity index (χ2v) is 5.67. The summed E-state index contributed by atoms with van der Waals surface area (Å²) in [6.45, 7) is 0. The molecular formula is C12H13N3O3S2. The molecule has 2 aromatic rings. The minimum absolute atomic E-state index is 0.189. The lowest BCUT2D eigenvalue weighted by Gasteiger charge is -2.05. The largest absolute Gasteiger partial charge is 0.465 e. The monoisotopic (exact) mass is 311 g/mol. The highest BCUT2D eigenvalue weighted by atomic mass is 32.2. The van der Waals surface area contributed by atoms with Gasteiger partial charge in [0.1, 0.15) is 5.00 Å². The quantitative estimate of drug-likeness (QED) is 0.675. The van der Waals surface area contributed by atoms with Crippen LogP contribution in [0.1, 0.15) is 10.4 Å². The Morgan fingerprint density at radius 2 is 2.35 bits per heavy atom. The number of carbonyl (C=O) groups is 2. The number of nitrogens with zero attached hydrogens (tertiary/aromatic N) is 2. The number of hydrogen-bond acceptors (Lipinski definition) is 6. The van der Waals surface area contributed by atoms with Crippen LogP contribution < -0.4 is 5.32 Å². The van der Waals surface area contributed by atoms with Gasteiger partial charge in [0.05, 0.1) is 18.4 Å². The number of thiophene rings is 1. The summed E-state index contributed by atoms with van der Waals surface area (Å²) in [5.41, 5.74) is 0.368.